The summed E-state index contributed by atoms with van der Waals surface area (Å²) in [5, 5.41) is 3.26. The lowest BCUT2D eigenvalue weighted by molar-refractivity contribution is -0.253. The number of piperazine rings is 1. The van der Waals surface area contributed by atoms with Crippen molar-refractivity contribution in [2.24, 2.45) is 5.92 Å². The minimum Gasteiger partial charge on any atom is -0.428 e. The summed E-state index contributed by atoms with van der Waals surface area (Å²) in [6.07, 6.45) is -6.29. The Labute approximate surface area is 156 Å². The highest BCUT2D eigenvalue weighted by Gasteiger charge is 2.45. The van der Waals surface area contributed by atoms with Crippen LogP contribution in [0.1, 0.15) is 24.4 Å². The fourth-order valence-electron chi connectivity index (χ4n) is 3.13. The zero-order valence-electron chi connectivity index (χ0n) is 13.5. The minimum atomic E-state index is -4.48. The number of rotatable bonds is 6. The van der Waals surface area contributed by atoms with E-state index in [1.807, 2.05) is 0 Å². The highest BCUT2D eigenvalue weighted by molar-refractivity contribution is 5.85. The molecule has 1 aromatic rings. The Bertz CT molecular complexity index is 541. The molecule has 0 unspecified atom stereocenters. The monoisotopic (exact) mass is 404 g/mol. The molecule has 0 spiro atoms. The first-order valence-electron chi connectivity index (χ1n) is 7.87. The molecule has 0 radical (unpaired) electrons. The molecule has 3 nitrogen and oxygen atoms in total. The van der Waals surface area contributed by atoms with E-state index in [2.05, 4.69) is 15.0 Å². The fourth-order valence-corrected chi connectivity index (χ4v) is 3.13. The van der Waals surface area contributed by atoms with Gasteiger partial charge in [0.25, 0.3) is 0 Å². The van der Waals surface area contributed by atoms with E-state index in [1.54, 1.807) is 12.1 Å². The molecule has 1 aliphatic carbocycles. The highest BCUT2D eigenvalue weighted by Crippen LogP contribution is 2.47. The van der Waals surface area contributed by atoms with E-state index in [-0.39, 0.29) is 36.6 Å². The maximum absolute atomic E-state index is 13.3. The quantitative estimate of drug-likeness (QED) is 0.721. The first-order chi connectivity index (χ1) is 11.0. The molecule has 2 aliphatic rings. The minimum absolute atomic E-state index is 0. The zero-order valence-corrected chi connectivity index (χ0v) is 15.1. The summed E-state index contributed by atoms with van der Waals surface area (Å²) in [6.45, 7) is 3.28. The van der Waals surface area contributed by atoms with Gasteiger partial charge in [0.15, 0.2) is 0 Å². The van der Waals surface area contributed by atoms with E-state index < -0.39 is 12.5 Å². The van der Waals surface area contributed by atoms with Gasteiger partial charge in [0.05, 0.1) is 0 Å². The molecule has 0 bridgehead atoms. The number of halogens is 6. The zero-order chi connectivity index (χ0) is 16.4. The summed E-state index contributed by atoms with van der Waals surface area (Å²) in [6, 6.07) is 6.27. The van der Waals surface area contributed by atoms with Crippen molar-refractivity contribution >= 4 is 24.8 Å². The summed E-state index contributed by atoms with van der Waals surface area (Å²) in [5.74, 6) is 0.228. The first kappa shape index (κ1) is 22.3. The van der Waals surface area contributed by atoms with Gasteiger partial charge in [-0.05, 0) is 24.8 Å². The lowest BCUT2D eigenvalue weighted by Crippen LogP contribution is -2.46. The van der Waals surface area contributed by atoms with E-state index >= 15 is 0 Å². The Morgan fingerprint density at radius 3 is 2.24 bits per heavy atom. The molecule has 0 aromatic heterocycles. The molecule has 1 aliphatic heterocycles. The molecular formula is C16H22Cl2F4N2O. The van der Waals surface area contributed by atoms with Crippen LogP contribution < -0.4 is 10.1 Å². The molecule has 1 atom stereocenters. The van der Waals surface area contributed by atoms with Gasteiger partial charge in [-0.25, -0.2) is 0 Å². The summed E-state index contributed by atoms with van der Waals surface area (Å²) < 4.78 is 56.0. The van der Waals surface area contributed by atoms with E-state index in [0.29, 0.717) is 11.5 Å². The van der Waals surface area contributed by atoms with Crippen LogP contribution in [-0.2, 0) is 0 Å². The molecule has 25 heavy (non-hydrogen) atoms. The largest absolute Gasteiger partial charge is 0.461 e. The van der Waals surface area contributed by atoms with Crippen LogP contribution in [0.2, 0.25) is 0 Å². The lowest BCUT2D eigenvalue weighted by atomic mass is 9.98. The molecule has 1 N–H and O–H groups in total. The maximum Gasteiger partial charge on any atom is 0.461 e. The second-order valence-electron chi connectivity index (χ2n) is 6.07. The second-order valence-corrected chi connectivity index (χ2v) is 6.07. The third-order valence-corrected chi connectivity index (χ3v) is 4.35. The Morgan fingerprint density at radius 1 is 1.08 bits per heavy atom. The number of alkyl halides is 4. The lowest BCUT2D eigenvalue weighted by Gasteiger charge is -2.36. The fraction of sp³-hybridized carbons (Fsp3) is 0.625. The van der Waals surface area contributed by atoms with Gasteiger partial charge in [-0.3, -0.25) is 4.90 Å². The number of nitrogens with one attached hydrogen (secondary N) is 1. The van der Waals surface area contributed by atoms with Crippen LogP contribution in [-0.4, -0.2) is 43.6 Å². The molecule has 1 saturated heterocycles. The predicted octanol–water partition coefficient (Wildman–Crippen LogP) is 4.12. The number of ether oxygens (including phenoxy) is 1. The van der Waals surface area contributed by atoms with Crippen molar-refractivity contribution in [1.82, 2.24) is 10.2 Å². The Morgan fingerprint density at radius 2 is 1.68 bits per heavy atom. The molecule has 1 aromatic carbocycles. The third-order valence-electron chi connectivity index (χ3n) is 4.35. The number of benzene rings is 1. The molecule has 144 valence electrons. The van der Waals surface area contributed by atoms with Gasteiger partial charge in [-0.2, -0.15) is 17.6 Å². The summed E-state index contributed by atoms with van der Waals surface area (Å²) in [5.41, 5.74) is 0.581. The molecule has 1 saturated carbocycles. The molecule has 0 amide bonds. The van der Waals surface area contributed by atoms with E-state index in [4.69, 9.17) is 0 Å². The van der Waals surface area contributed by atoms with Crippen molar-refractivity contribution in [1.29, 1.82) is 0 Å². The topological polar surface area (TPSA) is 24.5 Å². The molecule has 1 heterocycles. The van der Waals surface area contributed by atoms with Crippen molar-refractivity contribution in [2.75, 3.05) is 26.2 Å². The van der Waals surface area contributed by atoms with Crippen molar-refractivity contribution in [3.05, 3.63) is 29.8 Å². The normalized spacial score (nSPS) is 19.7. The van der Waals surface area contributed by atoms with Crippen LogP contribution in [0.4, 0.5) is 17.6 Å². The average molecular weight is 405 g/mol. The van der Waals surface area contributed by atoms with Crippen molar-refractivity contribution < 1.29 is 22.3 Å². The molecule has 9 heteroatoms. The number of hydrogen-bond acceptors (Lipinski definition) is 3. The van der Waals surface area contributed by atoms with Gasteiger partial charge in [0.1, 0.15) is 5.75 Å². The van der Waals surface area contributed by atoms with E-state index in [9.17, 15) is 17.6 Å². The molecular weight excluding hydrogens is 383 g/mol. The van der Waals surface area contributed by atoms with Crippen molar-refractivity contribution in [3.8, 4) is 5.75 Å². The van der Waals surface area contributed by atoms with Gasteiger partial charge >= 0.3 is 12.5 Å². The SMILES string of the molecule is Cl.Cl.FC(F)C(F)(F)Oc1ccccc1[C@H](C1CC1)N1CCNCC1. The Kier molecular flexibility index (Phi) is 8.25. The number of nitrogens with zero attached hydrogens (tertiary/aromatic N) is 1. The molecule has 3 rings (SSSR count). The van der Waals surface area contributed by atoms with Crippen LogP contribution in [0.25, 0.3) is 0 Å². The van der Waals surface area contributed by atoms with Gasteiger partial charge in [0, 0.05) is 37.8 Å². The molecule has 2 fully saturated rings. The second kappa shape index (κ2) is 9.26. The van der Waals surface area contributed by atoms with Gasteiger partial charge in [0.2, 0.25) is 0 Å². The van der Waals surface area contributed by atoms with Crippen molar-refractivity contribution in [3.63, 3.8) is 0 Å². The van der Waals surface area contributed by atoms with Gasteiger partial charge in [-0.15, -0.1) is 24.8 Å². The van der Waals surface area contributed by atoms with Crippen LogP contribution in [0, 0.1) is 5.92 Å². The standard InChI is InChI=1S/C16H20F4N2O.2ClH/c17-15(18)16(19,20)23-13-4-2-1-3-12(13)14(11-5-6-11)22-9-7-21-8-10-22;;/h1-4,11,14-15,21H,5-10H2;2*1H/t14-;;/m0../s1. The number of para-hydroxylation sites is 1. The third kappa shape index (κ3) is 5.36. The van der Waals surface area contributed by atoms with Crippen molar-refractivity contribution in [2.45, 2.75) is 31.4 Å². The summed E-state index contributed by atoms with van der Waals surface area (Å²) in [4.78, 5) is 2.23. The Hall–Kier alpha value is -0.760. The van der Waals surface area contributed by atoms with E-state index in [0.717, 1.165) is 39.0 Å². The number of hydrogen-bond donors (Lipinski definition) is 1. The highest BCUT2D eigenvalue weighted by atomic mass is 35.5. The Balaban J connectivity index is 0.00000156. The van der Waals surface area contributed by atoms with Crippen LogP contribution in [0.15, 0.2) is 24.3 Å². The van der Waals surface area contributed by atoms with Crippen LogP contribution >= 0.6 is 24.8 Å². The van der Waals surface area contributed by atoms with Crippen LogP contribution in [0.3, 0.4) is 0 Å². The first-order valence-corrected chi connectivity index (χ1v) is 7.87. The van der Waals surface area contributed by atoms with Gasteiger partial charge in [-0.1, -0.05) is 18.2 Å². The summed E-state index contributed by atoms with van der Waals surface area (Å²) >= 11 is 0. The van der Waals surface area contributed by atoms with Crippen LogP contribution in [0.5, 0.6) is 5.75 Å². The van der Waals surface area contributed by atoms with Gasteiger partial charge < -0.3 is 10.1 Å². The summed E-state index contributed by atoms with van der Waals surface area (Å²) in [7, 11) is 0. The maximum atomic E-state index is 13.3. The average Bonchev–Trinajstić information content (AvgIpc) is 3.35. The predicted molar refractivity (Wildman–Crippen MR) is 92.4 cm³/mol. The van der Waals surface area contributed by atoms with E-state index in [1.165, 1.54) is 12.1 Å². The smallest absolute Gasteiger partial charge is 0.428 e.